The SMILES string of the molecule is Cc1c(S(=O)(=O)Cl)cc(Cl)c(NC(=O)C2CC2)c1Cl. The predicted molar refractivity (Wildman–Crippen MR) is 75.6 cm³/mol. The molecule has 0 aliphatic heterocycles. The molecule has 0 radical (unpaired) electrons. The summed E-state index contributed by atoms with van der Waals surface area (Å²) in [6, 6.07) is 1.19. The van der Waals surface area contributed by atoms with Gasteiger partial charge in [-0.2, -0.15) is 0 Å². The summed E-state index contributed by atoms with van der Waals surface area (Å²) in [6.45, 7) is 1.50. The Morgan fingerprint density at radius 3 is 2.42 bits per heavy atom. The number of anilines is 1. The van der Waals surface area contributed by atoms with Gasteiger partial charge in [-0.15, -0.1) is 0 Å². The van der Waals surface area contributed by atoms with E-state index < -0.39 is 9.05 Å². The van der Waals surface area contributed by atoms with E-state index in [2.05, 4.69) is 5.32 Å². The molecule has 19 heavy (non-hydrogen) atoms. The smallest absolute Gasteiger partial charge is 0.261 e. The molecular formula is C11H10Cl3NO3S. The number of benzene rings is 1. The maximum absolute atomic E-state index is 11.7. The van der Waals surface area contributed by atoms with Gasteiger partial charge in [0, 0.05) is 16.6 Å². The van der Waals surface area contributed by atoms with Crippen molar-refractivity contribution in [3.05, 3.63) is 21.7 Å². The highest BCUT2D eigenvalue weighted by Gasteiger charge is 2.31. The zero-order valence-electron chi connectivity index (χ0n) is 9.84. The standard InChI is InChI=1S/C11H10Cl3NO3S/c1-5-8(19(14,17)18)4-7(12)10(9(5)13)15-11(16)6-2-3-6/h4,6H,2-3H2,1H3,(H,15,16). The number of amides is 1. The van der Waals surface area contributed by atoms with Crippen LogP contribution in [0.4, 0.5) is 5.69 Å². The molecule has 4 nitrogen and oxygen atoms in total. The van der Waals surface area contributed by atoms with Gasteiger partial charge in [0.2, 0.25) is 5.91 Å². The van der Waals surface area contributed by atoms with Gasteiger partial charge in [-0.1, -0.05) is 23.2 Å². The number of nitrogens with one attached hydrogen (secondary N) is 1. The van der Waals surface area contributed by atoms with Gasteiger partial charge in [0.15, 0.2) is 0 Å². The van der Waals surface area contributed by atoms with Gasteiger partial charge in [0.1, 0.15) is 0 Å². The normalized spacial score (nSPS) is 15.4. The first-order valence-electron chi connectivity index (χ1n) is 5.46. The van der Waals surface area contributed by atoms with Crippen molar-refractivity contribution in [2.75, 3.05) is 5.32 Å². The first kappa shape index (κ1) is 14.9. The van der Waals surface area contributed by atoms with Crippen LogP contribution < -0.4 is 5.32 Å². The summed E-state index contributed by atoms with van der Waals surface area (Å²) in [5.74, 6) is -0.173. The molecule has 104 valence electrons. The van der Waals surface area contributed by atoms with Crippen LogP contribution in [0.2, 0.25) is 10.0 Å². The molecule has 1 aliphatic rings. The Morgan fingerprint density at radius 1 is 1.37 bits per heavy atom. The minimum atomic E-state index is -3.94. The van der Waals surface area contributed by atoms with Crippen LogP contribution in [-0.4, -0.2) is 14.3 Å². The Morgan fingerprint density at radius 2 is 1.95 bits per heavy atom. The molecule has 1 amide bonds. The maximum atomic E-state index is 11.7. The minimum absolute atomic E-state index is 0.0103. The lowest BCUT2D eigenvalue weighted by Crippen LogP contribution is -2.14. The fourth-order valence-corrected chi connectivity index (χ4v) is 3.51. The molecule has 0 spiro atoms. The lowest BCUT2D eigenvalue weighted by atomic mass is 10.2. The van der Waals surface area contributed by atoms with E-state index >= 15 is 0 Å². The lowest BCUT2D eigenvalue weighted by Gasteiger charge is -2.13. The molecule has 8 heteroatoms. The van der Waals surface area contributed by atoms with Crippen molar-refractivity contribution >= 4 is 54.5 Å². The van der Waals surface area contributed by atoms with Crippen LogP contribution in [0.15, 0.2) is 11.0 Å². The highest BCUT2D eigenvalue weighted by Crippen LogP contribution is 2.39. The summed E-state index contributed by atoms with van der Waals surface area (Å²) < 4.78 is 22.7. The van der Waals surface area contributed by atoms with Crippen molar-refractivity contribution in [3.63, 3.8) is 0 Å². The van der Waals surface area contributed by atoms with E-state index in [1.54, 1.807) is 0 Å². The van der Waals surface area contributed by atoms with Crippen LogP contribution in [0.25, 0.3) is 0 Å². The number of rotatable bonds is 3. The van der Waals surface area contributed by atoms with Crippen molar-refractivity contribution in [3.8, 4) is 0 Å². The van der Waals surface area contributed by atoms with Crippen molar-refractivity contribution < 1.29 is 13.2 Å². The van der Waals surface area contributed by atoms with E-state index in [1.165, 1.54) is 13.0 Å². The Balaban J connectivity index is 2.46. The molecule has 1 saturated carbocycles. The van der Waals surface area contributed by atoms with E-state index in [4.69, 9.17) is 33.9 Å². The quantitative estimate of drug-likeness (QED) is 0.854. The van der Waals surface area contributed by atoms with Gasteiger partial charge in [-0.3, -0.25) is 4.79 Å². The molecule has 1 aromatic rings. The molecule has 1 fully saturated rings. The van der Waals surface area contributed by atoms with Gasteiger partial charge in [-0.25, -0.2) is 8.42 Å². The topological polar surface area (TPSA) is 63.2 Å². The van der Waals surface area contributed by atoms with Crippen molar-refractivity contribution in [1.29, 1.82) is 0 Å². The summed E-state index contributed by atoms with van der Waals surface area (Å²) in [7, 11) is 1.36. The van der Waals surface area contributed by atoms with Gasteiger partial charge in [0.05, 0.1) is 20.6 Å². The van der Waals surface area contributed by atoms with E-state index in [-0.39, 0.29) is 38.0 Å². The van der Waals surface area contributed by atoms with Crippen LogP contribution in [0.3, 0.4) is 0 Å². The molecule has 1 aromatic carbocycles. The summed E-state index contributed by atoms with van der Waals surface area (Å²) in [5.41, 5.74) is 0.481. The third-order valence-electron chi connectivity index (χ3n) is 2.87. The average Bonchev–Trinajstić information content (AvgIpc) is 3.11. The Bertz CT molecular complexity index is 654. The number of halogens is 3. The first-order valence-corrected chi connectivity index (χ1v) is 8.52. The summed E-state index contributed by atoms with van der Waals surface area (Å²) in [6.07, 6.45) is 1.68. The second kappa shape index (κ2) is 5.13. The Hall–Kier alpha value is -0.490. The van der Waals surface area contributed by atoms with Crippen molar-refractivity contribution in [2.45, 2.75) is 24.7 Å². The van der Waals surface area contributed by atoms with Crippen LogP contribution >= 0.6 is 33.9 Å². The average molecular weight is 343 g/mol. The lowest BCUT2D eigenvalue weighted by molar-refractivity contribution is -0.117. The molecule has 1 N–H and O–H groups in total. The number of hydrogen-bond acceptors (Lipinski definition) is 3. The summed E-state index contributed by atoms with van der Waals surface area (Å²) >= 11 is 12.0. The highest BCUT2D eigenvalue weighted by molar-refractivity contribution is 8.13. The molecule has 0 atom stereocenters. The molecular weight excluding hydrogens is 333 g/mol. The molecule has 1 aliphatic carbocycles. The van der Waals surface area contributed by atoms with E-state index in [1.807, 2.05) is 0 Å². The Kier molecular flexibility index (Phi) is 4.02. The monoisotopic (exact) mass is 341 g/mol. The molecule has 0 aromatic heterocycles. The first-order chi connectivity index (χ1) is 8.71. The van der Waals surface area contributed by atoms with E-state index in [9.17, 15) is 13.2 Å². The largest absolute Gasteiger partial charge is 0.323 e. The van der Waals surface area contributed by atoms with Crippen LogP contribution in [0.5, 0.6) is 0 Å². The number of carbonyl (C=O) groups is 1. The fourth-order valence-electron chi connectivity index (χ4n) is 1.63. The van der Waals surface area contributed by atoms with Crippen LogP contribution in [0, 0.1) is 12.8 Å². The second-order valence-corrected chi connectivity index (χ2v) is 7.69. The predicted octanol–water partition coefficient (Wildman–Crippen LogP) is 3.58. The second-order valence-electron chi connectivity index (χ2n) is 4.37. The summed E-state index contributed by atoms with van der Waals surface area (Å²) in [5, 5.41) is 2.75. The van der Waals surface area contributed by atoms with Crippen molar-refractivity contribution in [2.24, 2.45) is 5.92 Å². The molecule has 0 unspecified atom stereocenters. The highest BCUT2D eigenvalue weighted by atomic mass is 35.7. The van der Waals surface area contributed by atoms with Gasteiger partial charge >= 0.3 is 0 Å². The van der Waals surface area contributed by atoms with Crippen LogP contribution in [-0.2, 0) is 13.8 Å². The third kappa shape index (κ3) is 3.16. The third-order valence-corrected chi connectivity index (χ3v) is 5.09. The molecule has 0 saturated heterocycles. The van der Waals surface area contributed by atoms with E-state index in [0.29, 0.717) is 0 Å². The van der Waals surface area contributed by atoms with Crippen molar-refractivity contribution in [1.82, 2.24) is 0 Å². The minimum Gasteiger partial charge on any atom is -0.323 e. The van der Waals surface area contributed by atoms with E-state index in [0.717, 1.165) is 12.8 Å². The van der Waals surface area contributed by atoms with Gasteiger partial charge in [0.25, 0.3) is 9.05 Å². The van der Waals surface area contributed by atoms with Gasteiger partial charge in [-0.05, 0) is 31.4 Å². The number of hydrogen-bond donors (Lipinski definition) is 1. The Labute approximate surface area is 125 Å². The van der Waals surface area contributed by atoms with Gasteiger partial charge < -0.3 is 5.32 Å². The molecule has 0 bridgehead atoms. The maximum Gasteiger partial charge on any atom is 0.261 e. The van der Waals surface area contributed by atoms with Crippen LogP contribution in [0.1, 0.15) is 18.4 Å². The fraction of sp³-hybridized carbons (Fsp3) is 0.364. The molecule has 0 heterocycles. The molecule has 2 rings (SSSR count). The summed E-state index contributed by atoms with van der Waals surface area (Å²) in [4.78, 5) is 11.5. The number of carbonyl (C=O) groups excluding carboxylic acids is 1. The zero-order valence-corrected chi connectivity index (χ0v) is 12.9. The zero-order chi connectivity index (χ0) is 14.4.